The number of H-pyrrole nitrogens is 1. The fraction of sp³-hybridized carbons (Fsp3) is 0.188. The van der Waals surface area contributed by atoms with Gasteiger partial charge in [-0.1, -0.05) is 84.4 Å². The van der Waals surface area contributed by atoms with E-state index in [-0.39, 0.29) is 18.2 Å². The number of rotatable bonds is 6. The molecule has 7 nitrogen and oxygen atoms in total. The van der Waals surface area contributed by atoms with E-state index in [4.69, 9.17) is 4.74 Å². The smallest absolute Gasteiger partial charge is 0.228 e. The monoisotopic (exact) mass is 515 g/mol. The molecule has 0 saturated heterocycles. The SMILES string of the molecule is Cc1ccc(CC(=O)Nc2cc(-c3ccccc3-c3nn[nH]n3)cc3c2OC(C)(C)C3c2ccccc2)cc1. The van der Waals surface area contributed by atoms with Crippen molar-refractivity contribution in [2.45, 2.75) is 38.7 Å². The summed E-state index contributed by atoms with van der Waals surface area (Å²) < 4.78 is 6.60. The summed E-state index contributed by atoms with van der Waals surface area (Å²) in [5, 5.41) is 17.9. The first-order valence-electron chi connectivity index (χ1n) is 13.0. The number of aromatic nitrogens is 4. The quantitative estimate of drug-likeness (QED) is 0.276. The van der Waals surface area contributed by atoms with Crippen LogP contribution in [-0.4, -0.2) is 32.1 Å². The fourth-order valence-corrected chi connectivity index (χ4v) is 5.44. The highest BCUT2D eigenvalue weighted by atomic mass is 16.5. The Morgan fingerprint density at radius 3 is 2.38 bits per heavy atom. The van der Waals surface area contributed by atoms with Crippen molar-refractivity contribution < 1.29 is 9.53 Å². The van der Waals surface area contributed by atoms with E-state index in [9.17, 15) is 4.79 Å². The summed E-state index contributed by atoms with van der Waals surface area (Å²) in [5.74, 6) is 1.08. The van der Waals surface area contributed by atoms with Gasteiger partial charge in [-0.15, -0.1) is 10.2 Å². The highest BCUT2D eigenvalue weighted by Gasteiger charge is 2.43. The number of carbonyl (C=O) groups is 1. The number of nitrogens with zero attached hydrogens (tertiary/aromatic N) is 3. The van der Waals surface area contributed by atoms with Crippen LogP contribution in [0.2, 0.25) is 0 Å². The molecular formula is C32H29N5O2. The topological polar surface area (TPSA) is 92.8 Å². The van der Waals surface area contributed by atoms with Crippen LogP contribution >= 0.6 is 0 Å². The van der Waals surface area contributed by atoms with Crippen LogP contribution in [0.3, 0.4) is 0 Å². The molecule has 0 radical (unpaired) electrons. The number of benzene rings is 4. The lowest BCUT2D eigenvalue weighted by Crippen LogP contribution is -2.31. The standard InChI is InChI=1S/C32H29N5O2/c1-20-13-15-21(16-14-20)17-28(38)33-27-19-23(24-11-7-8-12-25(24)31-34-36-37-35-31)18-26-29(22-9-5-4-6-10-22)32(2,3)39-30(26)27/h4-16,18-19,29H,17H2,1-3H3,(H,33,38)(H,34,35,36,37). The predicted molar refractivity (Wildman–Crippen MR) is 152 cm³/mol. The summed E-state index contributed by atoms with van der Waals surface area (Å²) in [6.45, 7) is 6.22. The summed E-state index contributed by atoms with van der Waals surface area (Å²) in [7, 11) is 0. The number of aromatic amines is 1. The van der Waals surface area contributed by atoms with Gasteiger partial charge in [-0.05, 0) is 60.4 Å². The first-order valence-corrected chi connectivity index (χ1v) is 13.0. The van der Waals surface area contributed by atoms with Gasteiger partial charge in [0, 0.05) is 11.1 Å². The van der Waals surface area contributed by atoms with Crippen molar-refractivity contribution in [3.05, 3.63) is 113 Å². The Morgan fingerprint density at radius 1 is 0.949 bits per heavy atom. The molecule has 39 heavy (non-hydrogen) atoms. The molecule has 5 aromatic rings. The second-order valence-electron chi connectivity index (χ2n) is 10.5. The van der Waals surface area contributed by atoms with E-state index in [1.165, 1.54) is 0 Å². The molecule has 1 atom stereocenters. The van der Waals surface area contributed by atoms with Crippen LogP contribution < -0.4 is 10.1 Å². The molecular weight excluding hydrogens is 486 g/mol. The van der Waals surface area contributed by atoms with E-state index < -0.39 is 5.60 Å². The molecule has 0 spiro atoms. The van der Waals surface area contributed by atoms with Gasteiger partial charge < -0.3 is 10.1 Å². The van der Waals surface area contributed by atoms with Gasteiger partial charge in [0.2, 0.25) is 11.7 Å². The van der Waals surface area contributed by atoms with E-state index in [1.807, 2.05) is 79.7 Å². The first kappa shape index (κ1) is 24.6. The van der Waals surface area contributed by atoms with E-state index in [1.54, 1.807) is 0 Å². The molecule has 1 unspecified atom stereocenters. The Labute approximate surface area is 227 Å². The second-order valence-corrected chi connectivity index (χ2v) is 10.5. The highest BCUT2D eigenvalue weighted by Crippen LogP contribution is 2.53. The van der Waals surface area contributed by atoms with Gasteiger partial charge in [0.15, 0.2) is 0 Å². The lowest BCUT2D eigenvalue weighted by molar-refractivity contribution is -0.115. The van der Waals surface area contributed by atoms with Crippen LogP contribution in [0.25, 0.3) is 22.5 Å². The van der Waals surface area contributed by atoms with Crippen LogP contribution in [0.4, 0.5) is 5.69 Å². The van der Waals surface area contributed by atoms with Crippen molar-refractivity contribution in [1.29, 1.82) is 0 Å². The maximum absolute atomic E-state index is 13.3. The minimum Gasteiger partial charge on any atom is -0.484 e. The molecule has 2 N–H and O–H groups in total. The summed E-state index contributed by atoms with van der Waals surface area (Å²) in [5.41, 5.74) is 7.13. The van der Waals surface area contributed by atoms with Gasteiger partial charge in [0.1, 0.15) is 11.4 Å². The normalized spacial score (nSPS) is 15.4. The Bertz CT molecular complexity index is 1630. The molecule has 1 aliphatic heterocycles. The Morgan fingerprint density at radius 2 is 1.67 bits per heavy atom. The van der Waals surface area contributed by atoms with Crippen molar-refractivity contribution in [3.8, 4) is 28.3 Å². The molecule has 0 aliphatic carbocycles. The lowest BCUT2D eigenvalue weighted by atomic mass is 9.80. The highest BCUT2D eigenvalue weighted by molar-refractivity contribution is 5.96. The van der Waals surface area contributed by atoms with Crippen LogP contribution in [0.5, 0.6) is 5.75 Å². The number of ether oxygens (including phenoxy) is 1. The van der Waals surface area contributed by atoms with Gasteiger partial charge in [0.05, 0.1) is 18.0 Å². The number of hydrogen-bond donors (Lipinski definition) is 2. The van der Waals surface area contributed by atoms with Crippen LogP contribution in [0, 0.1) is 6.92 Å². The number of fused-ring (bicyclic) bond motifs is 1. The van der Waals surface area contributed by atoms with E-state index in [0.717, 1.165) is 38.9 Å². The van der Waals surface area contributed by atoms with Gasteiger partial charge in [-0.25, -0.2) is 0 Å². The summed E-state index contributed by atoms with van der Waals surface area (Å²) in [6, 6.07) is 30.4. The number of nitrogens with one attached hydrogen (secondary N) is 2. The molecule has 6 rings (SSSR count). The van der Waals surface area contributed by atoms with Crippen LogP contribution in [0.1, 0.15) is 42.0 Å². The van der Waals surface area contributed by atoms with Crippen LogP contribution in [0.15, 0.2) is 91.0 Å². The number of hydrogen-bond acceptors (Lipinski definition) is 5. The van der Waals surface area contributed by atoms with Gasteiger partial charge in [0.25, 0.3) is 0 Å². The second kappa shape index (κ2) is 9.83. The molecule has 1 amide bonds. The summed E-state index contributed by atoms with van der Waals surface area (Å²) in [4.78, 5) is 13.3. The van der Waals surface area contributed by atoms with Crippen molar-refractivity contribution in [1.82, 2.24) is 20.6 Å². The van der Waals surface area contributed by atoms with Crippen molar-refractivity contribution in [2.75, 3.05) is 5.32 Å². The van der Waals surface area contributed by atoms with E-state index in [0.29, 0.717) is 17.3 Å². The zero-order valence-electron chi connectivity index (χ0n) is 22.1. The molecule has 1 aliphatic rings. The number of amides is 1. The molecule has 4 aromatic carbocycles. The van der Waals surface area contributed by atoms with Crippen LogP contribution in [-0.2, 0) is 11.2 Å². The van der Waals surface area contributed by atoms with Crippen molar-refractivity contribution >= 4 is 11.6 Å². The zero-order chi connectivity index (χ0) is 27.0. The maximum atomic E-state index is 13.3. The predicted octanol–water partition coefficient (Wildman–Crippen LogP) is 6.33. The summed E-state index contributed by atoms with van der Waals surface area (Å²) in [6.07, 6.45) is 0.268. The molecule has 7 heteroatoms. The van der Waals surface area contributed by atoms with Crippen molar-refractivity contribution in [3.63, 3.8) is 0 Å². The van der Waals surface area contributed by atoms with E-state index >= 15 is 0 Å². The summed E-state index contributed by atoms with van der Waals surface area (Å²) >= 11 is 0. The van der Waals surface area contributed by atoms with Crippen molar-refractivity contribution in [2.24, 2.45) is 0 Å². The minimum absolute atomic E-state index is 0.0289. The number of aryl methyl sites for hydroxylation is 1. The Hall–Kier alpha value is -4.78. The largest absolute Gasteiger partial charge is 0.484 e. The molecule has 2 heterocycles. The lowest BCUT2D eigenvalue weighted by Gasteiger charge is -2.26. The fourth-order valence-electron chi connectivity index (χ4n) is 5.44. The third kappa shape index (κ3) is 4.79. The molecule has 1 aromatic heterocycles. The average molecular weight is 516 g/mol. The molecule has 194 valence electrons. The van der Waals surface area contributed by atoms with Gasteiger partial charge in [-0.2, -0.15) is 5.21 Å². The molecule has 0 bridgehead atoms. The Kier molecular flexibility index (Phi) is 6.19. The van der Waals surface area contributed by atoms with E-state index in [2.05, 4.69) is 58.0 Å². The first-order chi connectivity index (χ1) is 18.9. The molecule has 0 fully saturated rings. The van der Waals surface area contributed by atoms with Gasteiger partial charge in [-0.3, -0.25) is 4.79 Å². The number of tetrazole rings is 1. The number of carbonyl (C=O) groups excluding carboxylic acids is 1. The minimum atomic E-state index is -0.522. The molecule has 0 saturated carbocycles. The average Bonchev–Trinajstić information content (AvgIpc) is 3.56. The Balaban J connectivity index is 1.48. The zero-order valence-corrected chi connectivity index (χ0v) is 22.1. The number of anilines is 1. The third-order valence-electron chi connectivity index (χ3n) is 7.21. The third-order valence-corrected chi connectivity index (χ3v) is 7.21. The maximum Gasteiger partial charge on any atom is 0.228 e. The van der Waals surface area contributed by atoms with Gasteiger partial charge >= 0.3 is 0 Å².